The monoisotopic (exact) mass is 450 g/mol. The molecule has 2 aromatic heterocycles. The first-order valence-corrected chi connectivity index (χ1v) is 11.5. The van der Waals surface area contributed by atoms with E-state index in [9.17, 15) is 9.59 Å². The van der Waals surface area contributed by atoms with Gasteiger partial charge in [-0.15, -0.1) is 22.0 Å². The van der Waals surface area contributed by atoms with Gasteiger partial charge in [0, 0.05) is 0 Å². The number of aromatic nitrogens is 4. The molecule has 2 aromatic carbocycles. The lowest BCUT2D eigenvalue weighted by Crippen LogP contribution is -2.31. The maximum Gasteiger partial charge on any atom is 0.279 e. The lowest BCUT2D eigenvalue weighted by Gasteiger charge is -2.20. The fourth-order valence-electron chi connectivity index (χ4n) is 3.49. The summed E-state index contributed by atoms with van der Waals surface area (Å²) >= 11 is 2.92. The third-order valence-electron chi connectivity index (χ3n) is 4.95. The van der Waals surface area contributed by atoms with E-state index in [1.807, 2.05) is 48.5 Å². The molecule has 1 atom stereocenters. The van der Waals surface area contributed by atoms with Gasteiger partial charge >= 0.3 is 0 Å². The van der Waals surface area contributed by atoms with E-state index in [4.69, 9.17) is 0 Å². The highest BCUT2D eigenvalue weighted by Crippen LogP contribution is 2.42. The first kappa shape index (κ1) is 19.7. The standard InChI is InChI=1S/C21H18N6O2S2/c1-13-23-16-10-6-5-9-15(16)19(29)27(13)22-11-17-24-25-21(31-17)26-18(28)12-30-20(26)14-7-3-2-4-8-14/h2-10,20,22H,11-12H2,1H3. The number of nitrogens with zero attached hydrogens (tertiary/aromatic N) is 5. The third-order valence-corrected chi connectivity index (χ3v) is 7.08. The van der Waals surface area contributed by atoms with Gasteiger partial charge in [-0.1, -0.05) is 53.8 Å². The summed E-state index contributed by atoms with van der Waals surface area (Å²) in [4.78, 5) is 31.5. The van der Waals surface area contributed by atoms with Gasteiger partial charge < -0.3 is 5.43 Å². The normalized spacial score (nSPS) is 16.2. The van der Waals surface area contributed by atoms with E-state index in [1.54, 1.807) is 29.7 Å². The highest BCUT2D eigenvalue weighted by Gasteiger charge is 2.36. The highest BCUT2D eigenvalue weighted by atomic mass is 32.2. The van der Waals surface area contributed by atoms with E-state index in [2.05, 4.69) is 20.6 Å². The summed E-state index contributed by atoms with van der Waals surface area (Å²) in [5.74, 6) is 0.980. The smallest absolute Gasteiger partial charge is 0.279 e. The van der Waals surface area contributed by atoms with Crippen molar-refractivity contribution >= 4 is 45.0 Å². The predicted octanol–water partition coefficient (Wildman–Crippen LogP) is 3.08. The van der Waals surface area contributed by atoms with Gasteiger partial charge in [-0.05, 0) is 24.6 Å². The highest BCUT2D eigenvalue weighted by molar-refractivity contribution is 8.00. The second kappa shape index (κ2) is 8.12. The second-order valence-electron chi connectivity index (χ2n) is 6.97. The zero-order valence-electron chi connectivity index (χ0n) is 16.6. The lowest BCUT2D eigenvalue weighted by atomic mass is 10.2. The first-order chi connectivity index (χ1) is 15.1. The summed E-state index contributed by atoms with van der Waals surface area (Å²) in [6, 6.07) is 17.1. The number of nitrogens with one attached hydrogen (secondary N) is 1. The molecule has 4 aromatic rings. The Balaban J connectivity index is 1.38. The molecule has 1 aliphatic heterocycles. The Morgan fingerprint density at radius 1 is 1.06 bits per heavy atom. The maximum atomic E-state index is 12.8. The van der Waals surface area contributed by atoms with Crippen LogP contribution in [0.3, 0.4) is 0 Å². The van der Waals surface area contributed by atoms with Crippen molar-refractivity contribution in [1.29, 1.82) is 0 Å². The molecule has 3 heterocycles. The van der Waals surface area contributed by atoms with Crippen molar-refractivity contribution in [1.82, 2.24) is 19.9 Å². The molecule has 1 unspecified atom stereocenters. The van der Waals surface area contributed by atoms with Crippen LogP contribution in [0.5, 0.6) is 0 Å². The van der Waals surface area contributed by atoms with Crippen LogP contribution in [0, 0.1) is 6.92 Å². The Labute approximate surface area is 185 Å². The molecular weight excluding hydrogens is 432 g/mol. The minimum absolute atomic E-state index is 0.0142. The zero-order valence-corrected chi connectivity index (χ0v) is 18.2. The molecule has 10 heteroatoms. The van der Waals surface area contributed by atoms with E-state index in [0.29, 0.717) is 39.2 Å². The van der Waals surface area contributed by atoms with E-state index < -0.39 is 0 Å². The van der Waals surface area contributed by atoms with Gasteiger partial charge in [-0.25, -0.2) is 9.66 Å². The van der Waals surface area contributed by atoms with E-state index >= 15 is 0 Å². The molecule has 1 aliphatic rings. The van der Waals surface area contributed by atoms with Gasteiger partial charge in [0.15, 0.2) is 0 Å². The lowest BCUT2D eigenvalue weighted by molar-refractivity contribution is -0.115. The van der Waals surface area contributed by atoms with Crippen LogP contribution in [0.25, 0.3) is 10.9 Å². The quantitative estimate of drug-likeness (QED) is 0.499. The number of rotatable bonds is 5. The van der Waals surface area contributed by atoms with Gasteiger partial charge in [-0.3, -0.25) is 14.5 Å². The molecule has 8 nitrogen and oxygen atoms in total. The van der Waals surface area contributed by atoms with Crippen molar-refractivity contribution in [2.45, 2.75) is 18.8 Å². The van der Waals surface area contributed by atoms with Gasteiger partial charge in [0.25, 0.3) is 5.56 Å². The number of aryl methyl sites for hydroxylation is 1. The number of carbonyl (C=O) groups excluding carboxylic acids is 1. The average molecular weight is 451 g/mol. The fourth-order valence-corrected chi connectivity index (χ4v) is 5.52. The topological polar surface area (TPSA) is 93.0 Å². The Morgan fingerprint density at radius 3 is 2.68 bits per heavy atom. The SMILES string of the molecule is Cc1nc2ccccc2c(=O)n1NCc1nnc(N2C(=O)CSC2c2ccccc2)s1. The summed E-state index contributed by atoms with van der Waals surface area (Å²) < 4.78 is 1.42. The van der Waals surface area contributed by atoms with Crippen LogP contribution < -0.4 is 15.9 Å². The van der Waals surface area contributed by atoms with E-state index in [0.717, 1.165) is 5.56 Å². The summed E-state index contributed by atoms with van der Waals surface area (Å²) in [6.45, 7) is 2.07. The molecule has 0 bridgehead atoms. The van der Waals surface area contributed by atoms with Crippen molar-refractivity contribution in [3.63, 3.8) is 0 Å². The molecule has 156 valence electrons. The molecule has 1 N–H and O–H groups in total. The third kappa shape index (κ3) is 3.68. The summed E-state index contributed by atoms with van der Waals surface area (Å²) in [5.41, 5.74) is 4.64. The molecule has 0 saturated carbocycles. The zero-order chi connectivity index (χ0) is 21.4. The Hall–Kier alpha value is -3.24. The molecule has 1 amide bonds. The number of para-hydroxylation sites is 1. The molecule has 1 fully saturated rings. The maximum absolute atomic E-state index is 12.8. The van der Waals surface area contributed by atoms with Crippen LogP contribution in [0.2, 0.25) is 0 Å². The molecule has 31 heavy (non-hydrogen) atoms. The Bertz CT molecular complexity index is 1320. The molecule has 1 saturated heterocycles. The Morgan fingerprint density at radius 2 is 1.84 bits per heavy atom. The summed E-state index contributed by atoms with van der Waals surface area (Å²) in [6.07, 6.45) is 0. The molecular formula is C21H18N6O2S2. The predicted molar refractivity (Wildman–Crippen MR) is 123 cm³/mol. The number of benzene rings is 2. The van der Waals surface area contributed by atoms with Crippen LogP contribution >= 0.6 is 23.1 Å². The first-order valence-electron chi connectivity index (χ1n) is 9.65. The number of fused-ring (bicyclic) bond motifs is 1. The van der Waals surface area contributed by atoms with Crippen LogP contribution in [-0.2, 0) is 11.3 Å². The van der Waals surface area contributed by atoms with Gasteiger partial charge in [0.05, 0.1) is 23.2 Å². The van der Waals surface area contributed by atoms with Crippen LogP contribution in [-0.4, -0.2) is 31.5 Å². The van der Waals surface area contributed by atoms with Gasteiger partial charge in [0.2, 0.25) is 11.0 Å². The summed E-state index contributed by atoms with van der Waals surface area (Å²) in [5, 5.41) is 10.1. The number of hydrogen-bond acceptors (Lipinski definition) is 8. The molecule has 0 radical (unpaired) electrons. The minimum atomic E-state index is -0.164. The number of carbonyl (C=O) groups is 1. The van der Waals surface area contributed by atoms with Crippen molar-refractivity contribution < 1.29 is 4.79 Å². The van der Waals surface area contributed by atoms with Gasteiger partial charge in [-0.2, -0.15) is 0 Å². The van der Waals surface area contributed by atoms with Crippen LogP contribution in [0.4, 0.5) is 5.13 Å². The van der Waals surface area contributed by atoms with E-state index in [1.165, 1.54) is 16.0 Å². The van der Waals surface area contributed by atoms with Crippen molar-refractivity contribution in [3.05, 3.63) is 81.3 Å². The second-order valence-corrected chi connectivity index (χ2v) is 9.08. The summed E-state index contributed by atoms with van der Waals surface area (Å²) in [7, 11) is 0. The number of hydrogen-bond donors (Lipinski definition) is 1. The number of anilines is 1. The average Bonchev–Trinajstić information content (AvgIpc) is 3.40. The van der Waals surface area contributed by atoms with Crippen molar-refractivity contribution in [2.75, 3.05) is 16.1 Å². The van der Waals surface area contributed by atoms with Gasteiger partial charge in [0.1, 0.15) is 16.2 Å². The van der Waals surface area contributed by atoms with Crippen LogP contribution in [0.15, 0.2) is 59.4 Å². The largest absolute Gasteiger partial charge is 0.315 e. The minimum Gasteiger partial charge on any atom is -0.315 e. The van der Waals surface area contributed by atoms with Crippen molar-refractivity contribution in [3.8, 4) is 0 Å². The number of amides is 1. The fraction of sp³-hybridized carbons (Fsp3) is 0.190. The Kier molecular flexibility index (Phi) is 5.16. The number of thioether (sulfide) groups is 1. The van der Waals surface area contributed by atoms with E-state index in [-0.39, 0.29) is 16.8 Å². The van der Waals surface area contributed by atoms with Crippen molar-refractivity contribution in [2.24, 2.45) is 0 Å². The van der Waals surface area contributed by atoms with Crippen LogP contribution in [0.1, 0.15) is 21.8 Å². The molecule has 0 aliphatic carbocycles. The molecule has 0 spiro atoms. The molecule has 5 rings (SSSR count).